The van der Waals surface area contributed by atoms with Gasteiger partial charge in [0.15, 0.2) is 0 Å². The average molecular weight is 420 g/mol. The van der Waals surface area contributed by atoms with Crippen LogP contribution in [0.4, 0.5) is 0 Å². The number of rotatable bonds is 14. The first-order valence-corrected chi connectivity index (χ1v) is 12.0. The van der Waals surface area contributed by atoms with E-state index in [2.05, 4.69) is 4.74 Å². The van der Waals surface area contributed by atoms with Crippen molar-refractivity contribution in [3.05, 3.63) is 54.4 Å². The zero-order valence-corrected chi connectivity index (χ0v) is 18.2. The van der Waals surface area contributed by atoms with Crippen LogP contribution in [0.25, 0.3) is 0 Å². The van der Waals surface area contributed by atoms with Crippen molar-refractivity contribution < 1.29 is 17.9 Å². The molecule has 2 rings (SSSR count). The van der Waals surface area contributed by atoms with Gasteiger partial charge >= 0.3 is 5.97 Å². The van der Waals surface area contributed by atoms with Gasteiger partial charge in [-0.1, -0.05) is 63.1 Å². The first-order valence-electron chi connectivity index (χ1n) is 10.6. The molecular weight excluding hydrogens is 386 g/mol. The first kappa shape index (κ1) is 23.2. The van der Waals surface area contributed by atoms with Crippen molar-refractivity contribution in [1.82, 2.24) is 3.97 Å². The van der Waals surface area contributed by atoms with Crippen LogP contribution in [0.2, 0.25) is 0 Å². The smallest absolute Gasteiger partial charge is 0.305 e. The van der Waals surface area contributed by atoms with E-state index in [1.807, 2.05) is 12.1 Å². The summed E-state index contributed by atoms with van der Waals surface area (Å²) >= 11 is 0. The molecule has 0 bridgehead atoms. The van der Waals surface area contributed by atoms with Gasteiger partial charge in [-0.2, -0.15) is 0 Å². The minimum absolute atomic E-state index is 0.113. The number of benzene rings is 1. The highest BCUT2D eigenvalue weighted by Crippen LogP contribution is 2.17. The summed E-state index contributed by atoms with van der Waals surface area (Å²) in [6.07, 6.45) is 15.2. The predicted molar refractivity (Wildman–Crippen MR) is 115 cm³/mol. The molecule has 1 aromatic heterocycles. The number of esters is 1. The molecule has 0 atom stereocenters. The Kier molecular flexibility index (Phi) is 9.98. The molecule has 0 saturated heterocycles. The number of nitrogens with zero attached hydrogens (tertiary/aromatic N) is 1. The molecule has 0 radical (unpaired) electrons. The van der Waals surface area contributed by atoms with Crippen LogP contribution in [0.1, 0.15) is 69.8 Å². The van der Waals surface area contributed by atoms with Crippen molar-refractivity contribution >= 4 is 16.0 Å². The summed E-state index contributed by atoms with van der Waals surface area (Å²) in [7, 11) is -2.05. The standard InChI is InChI=1S/C23H33NO4S/c1-28-23(25)17-13-8-6-4-2-3-5-7-10-14-21-18-19-24(20-21)29(26,27)22-15-11-9-12-16-22/h9,11-12,15-16,18-20H,2-8,10,13-14,17H2,1H3. The zero-order valence-electron chi connectivity index (χ0n) is 17.4. The molecule has 2 aromatic rings. The van der Waals surface area contributed by atoms with Gasteiger partial charge in [0.05, 0.1) is 12.0 Å². The van der Waals surface area contributed by atoms with Crippen LogP contribution < -0.4 is 0 Å². The van der Waals surface area contributed by atoms with Crippen molar-refractivity contribution in [2.75, 3.05) is 7.11 Å². The normalized spacial score (nSPS) is 11.5. The average Bonchev–Trinajstić information content (AvgIpc) is 3.22. The summed E-state index contributed by atoms with van der Waals surface area (Å²) < 4.78 is 31.1. The van der Waals surface area contributed by atoms with E-state index in [1.165, 1.54) is 49.6 Å². The lowest BCUT2D eigenvalue weighted by molar-refractivity contribution is -0.140. The van der Waals surface area contributed by atoms with Gasteiger partial charge < -0.3 is 4.74 Å². The fourth-order valence-electron chi connectivity index (χ4n) is 3.37. The number of methoxy groups -OCH3 is 1. The van der Waals surface area contributed by atoms with E-state index < -0.39 is 10.0 Å². The van der Waals surface area contributed by atoms with Crippen molar-refractivity contribution in [2.24, 2.45) is 0 Å². The summed E-state index contributed by atoms with van der Waals surface area (Å²) in [5.41, 5.74) is 1.06. The molecule has 1 aromatic carbocycles. The Morgan fingerprint density at radius 1 is 0.862 bits per heavy atom. The topological polar surface area (TPSA) is 65.4 Å². The molecule has 6 heteroatoms. The summed E-state index contributed by atoms with van der Waals surface area (Å²) in [6.45, 7) is 0. The molecule has 0 aliphatic carbocycles. The molecule has 5 nitrogen and oxygen atoms in total. The molecule has 0 aliphatic rings. The van der Waals surface area contributed by atoms with E-state index in [-0.39, 0.29) is 5.97 Å². The highest BCUT2D eigenvalue weighted by molar-refractivity contribution is 7.90. The lowest BCUT2D eigenvalue weighted by Crippen LogP contribution is -2.10. The van der Waals surface area contributed by atoms with Gasteiger partial charge in [-0.15, -0.1) is 0 Å². The van der Waals surface area contributed by atoms with Gasteiger partial charge in [0.1, 0.15) is 0 Å². The molecule has 0 fully saturated rings. The number of aryl methyl sites for hydroxylation is 1. The van der Waals surface area contributed by atoms with Crippen LogP contribution in [-0.4, -0.2) is 25.5 Å². The van der Waals surface area contributed by atoms with E-state index in [4.69, 9.17) is 0 Å². The third-order valence-corrected chi connectivity index (χ3v) is 6.77. The fraction of sp³-hybridized carbons (Fsp3) is 0.522. The molecule has 1 heterocycles. The van der Waals surface area contributed by atoms with Gasteiger partial charge in [0.2, 0.25) is 0 Å². The first-order chi connectivity index (χ1) is 14.0. The number of unbranched alkanes of at least 4 members (excludes halogenated alkanes) is 8. The number of aromatic nitrogens is 1. The Hall–Kier alpha value is -2.08. The van der Waals surface area contributed by atoms with E-state index in [9.17, 15) is 13.2 Å². The maximum absolute atomic E-state index is 12.6. The Labute approximate surface area is 175 Å². The highest BCUT2D eigenvalue weighted by atomic mass is 32.2. The Morgan fingerprint density at radius 3 is 2.07 bits per heavy atom. The monoisotopic (exact) mass is 419 g/mol. The molecule has 0 saturated carbocycles. The third-order valence-electron chi connectivity index (χ3n) is 5.12. The second-order valence-corrected chi connectivity index (χ2v) is 9.27. The number of hydrogen-bond acceptors (Lipinski definition) is 4. The lowest BCUT2D eigenvalue weighted by atomic mass is 10.0. The van der Waals surface area contributed by atoms with Crippen molar-refractivity contribution in [1.29, 1.82) is 0 Å². The van der Waals surface area contributed by atoms with Crippen LogP contribution in [-0.2, 0) is 26.0 Å². The Bertz CT molecular complexity index is 828. The molecule has 0 spiro atoms. The molecule has 0 aliphatic heterocycles. The van der Waals surface area contributed by atoms with E-state index in [1.54, 1.807) is 36.7 Å². The lowest BCUT2D eigenvalue weighted by Gasteiger charge is -2.05. The second-order valence-electron chi connectivity index (χ2n) is 7.43. The van der Waals surface area contributed by atoms with Crippen molar-refractivity contribution in [2.45, 2.75) is 75.5 Å². The maximum Gasteiger partial charge on any atom is 0.305 e. The van der Waals surface area contributed by atoms with Gasteiger partial charge in [0.25, 0.3) is 10.0 Å². The van der Waals surface area contributed by atoms with Crippen LogP contribution in [0.15, 0.2) is 53.7 Å². The van der Waals surface area contributed by atoms with Gasteiger partial charge in [-0.25, -0.2) is 12.4 Å². The number of carbonyl (C=O) groups is 1. The van der Waals surface area contributed by atoms with Crippen LogP contribution in [0.3, 0.4) is 0 Å². The fourth-order valence-corrected chi connectivity index (χ4v) is 4.61. The van der Waals surface area contributed by atoms with E-state index in [0.717, 1.165) is 31.2 Å². The third kappa shape index (κ3) is 8.05. The molecular formula is C23H33NO4S. The number of ether oxygens (including phenoxy) is 1. The Morgan fingerprint density at radius 2 is 1.45 bits per heavy atom. The largest absolute Gasteiger partial charge is 0.469 e. The van der Waals surface area contributed by atoms with Crippen LogP contribution in [0, 0.1) is 0 Å². The van der Waals surface area contributed by atoms with E-state index >= 15 is 0 Å². The Balaban J connectivity index is 1.56. The molecule has 0 N–H and O–H groups in total. The van der Waals surface area contributed by atoms with Crippen molar-refractivity contribution in [3.63, 3.8) is 0 Å². The second kappa shape index (κ2) is 12.5. The minimum atomic E-state index is -3.49. The predicted octanol–water partition coefficient (Wildman–Crippen LogP) is 5.34. The van der Waals surface area contributed by atoms with Crippen molar-refractivity contribution in [3.8, 4) is 0 Å². The van der Waals surface area contributed by atoms with Crippen LogP contribution >= 0.6 is 0 Å². The van der Waals surface area contributed by atoms with Gasteiger partial charge in [-0.3, -0.25) is 4.79 Å². The maximum atomic E-state index is 12.6. The quantitative estimate of drug-likeness (QED) is 0.306. The summed E-state index contributed by atoms with van der Waals surface area (Å²) in [5, 5.41) is 0. The molecule has 160 valence electrons. The summed E-state index contributed by atoms with van der Waals surface area (Å²) in [6, 6.07) is 10.4. The summed E-state index contributed by atoms with van der Waals surface area (Å²) in [5.74, 6) is -0.113. The van der Waals surface area contributed by atoms with E-state index in [0.29, 0.717) is 11.3 Å². The number of hydrogen-bond donors (Lipinski definition) is 0. The SMILES string of the molecule is COC(=O)CCCCCCCCCCCc1ccn(S(=O)(=O)c2ccccc2)c1. The van der Waals surface area contributed by atoms with Gasteiger partial charge in [0, 0.05) is 18.8 Å². The molecule has 29 heavy (non-hydrogen) atoms. The summed E-state index contributed by atoms with van der Waals surface area (Å²) in [4.78, 5) is 11.3. The highest BCUT2D eigenvalue weighted by Gasteiger charge is 2.15. The molecule has 0 amide bonds. The molecule has 0 unspecified atom stereocenters. The van der Waals surface area contributed by atoms with Crippen LogP contribution in [0.5, 0.6) is 0 Å². The zero-order chi connectivity index (χ0) is 21.0. The minimum Gasteiger partial charge on any atom is -0.469 e. The van der Waals surface area contributed by atoms with Gasteiger partial charge in [-0.05, 0) is 43.0 Å². The number of carbonyl (C=O) groups excluding carboxylic acids is 1.